The number of aliphatic hydroxyl groups is 1. The first kappa shape index (κ1) is 11.5. The van der Waals surface area contributed by atoms with E-state index in [4.69, 9.17) is 14.6 Å². The molecule has 0 aliphatic rings. The zero-order chi connectivity index (χ0) is 11.3. The van der Waals surface area contributed by atoms with Gasteiger partial charge in [0.05, 0.1) is 12.7 Å². The van der Waals surface area contributed by atoms with E-state index in [9.17, 15) is 4.79 Å². The van der Waals surface area contributed by atoms with Crippen molar-refractivity contribution in [2.24, 2.45) is 0 Å². The molecule has 0 heterocycles. The van der Waals surface area contributed by atoms with Crippen LogP contribution in [-0.2, 0) is 11.3 Å². The van der Waals surface area contributed by atoms with Gasteiger partial charge in [0.1, 0.15) is 5.75 Å². The Hall–Kier alpha value is -1.55. The summed E-state index contributed by atoms with van der Waals surface area (Å²) in [7, 11) is 0. The smallest absolute Gasteiger partial charge is 0.431 e. The molecule has 1 aromatic carbocycles. The molecule has 0 unspecified atom stereocenters. The second kappa shape index (κ2) is 5.36. The zero-order valence-corrected chi connectivity index (χ0v) is 8.77. The van der Waals surface area contributed by atoms with Gasteiger partial charge in [-0.05, 0) is 31.5 Å². The molecule has 4 nitrogen and oxygen atoms in total. The van der Waals surface area contributed by atoms with Gasteiger partial charge in [0.2, 0.25) is 0 Å². The van der Waals surface area contributed by atoms with Gasteiger partial charge < -0.3 is 14.6 Å². The van der Waals surface area contributed by atoms with Crippen molar-refractivity contribution in [2.75, 3.05) is 0 Å². The van der Waals surface area contributed by atoms with Crippen LogP contribution in [0.4, 0.5) is 4.79 Å². The first-order valence-electron chi connectivity index (χ1n) is 4.70. The summed E-state index contributed by atoms with van der Waals surface area (Å²) in [5.74, 6) is 0.401. The molecular weight excluding hydrogens is 196 g/mol. The van der Waals surface area contributed by atoms with Gasteiger partial charge in [0.25, 0.3) is 0 Å². The van der Waals surface area contributed by atoms with E-state index in [0.717, 1.165) is 5.56 Å². The highest BCUT2D eigenvalue weighted by Gasteiger charge is 2.07. The first-order valence-corrected chi connectivity index (χ1v) is 4.70. The van der Waals surface area contributed by atoms with Crippen molar-refractivity contribution in [3.05, 3.63) is 29.8 Å². The molecule has 0 radical (unpaired) electrons. The molecule has 0 aromatic heterocycles. The third-order valence-electron chi connectivity index (χ3n) is 1.64. The normalized spacial score (nSPS) is 10.1. The van der Waals surface area contributed by atoms with Crippen molar-refractivity contribution >= 4 is 6.16 Å². The van der Waals surface area contributed by atoms with Crippen molar-refractivity contribution in [1.29, 1.82) is 0 Å². The topological polar surface area (TPSA) is 55.8 Å². The lowest BCUT2D eigenvalue weighted by atomic mass is 10.2. The Bertz CT molecular complexity index is 316. The van der Waals surface area contributed by atoms with Crippen LogP contribution in [0.2, 0.25) is 0 Å². The van der Waals surface area contributed by atoms with Crippen LogP contribution in [0.5, 0.6) is 5.75 Å². The van der Waals surface area contributed by atoms with Gasteiger partial charge in [-0.1, -0.05) is 12.1 Å². The first-order chi connectivity index (χ1) is 7.11. The fraction of sp³-hybridized carbons (Fsp3) is 0.364. The Morgan fingerprint density at radius 3 is 2.40 bits per heavy atom. The molecule has 0 aliphatic carbocycles. The van der Waals surface area contributed by atoms with Gasteiger partial charge in [0, 0.05) is 0 Å². The number of aliphatic hydroxyl groups excluding tert-OH is 1. The van der Waals surface area contributed by atoms with Crippen LogP contribution in [0.3, 0.4) is 0 Å². The van der Waals surface area contributed by atoms with Crippen molar-refractivity contribution in [1.82, 2.24) is 0 Å². The number of hydrogen-bond acceptors (Lipinski definition) is 4. The quantitative estimate of drug-likeness (QED) is 0.613. The van der Waals surface area contributed by atoms with Crippen LogP contribution in [0.15, 0.2) is 24.3 Å². The monoisotopic (exact) mass is 210 g/mol. The molecule has 1 N–H and O–H groups in total. The number of benzene rings is 1. The molecule has 4 heteroatoms. The Balaban J connectivity index is 2.53. The Kier molecular flexibility index (Phi) is 4.12. The molecule has 0 bridgehead atoms. The third kappa shape index (κ3) is 3.99. The average molecular weight is 210 g/mol. The Morgan fingerprint density at radius 1 is 1.33 bits per heavy atom. The minimum absolute atomic E-state index is 0.0310. The maximum absolute atomic E-state index is 11.1. The fourth-order valence-electron chi connectivity index (χ4n) is 0.976. The van der Waals surface area contributed by atoms with Crippen LogP contribution in [0.1, 0.15) is 19.4 Å². The molecule has 0 fully saturated rings. The summed E-state index contributed by atoms with van der Waals surface area (Å²) in [5.41, 5.74) is 0.763. The molecule has 0 atom stereocenters. The maximum atomic E-state index is 11.1. The molecule has 0 spiro atoms. The highest BCUT2D eigenvalue weighted by atomic mass is 16.7. The van der Waals surface area contributed by atoms with E-state index in [-0.39, 0.29) is 12.7 Å². The highest BCUT2D eigenvalue weighted by molar-refractivity contribution is 5.63. The van der Waals surface area contributed by atoms with Crippen LogP contribution in [0.25, 0.3) is 0 Å². The molecule has 1 aromatic rings. The van der Waals surface area contributed by atoms with E-state index in [2.05, 4.69) is 0 Å². The zero-order valence-electron chi connectivity index (χ0n) is 8.77. The van der Waals surface area contributed by atoms with Gasteiger partial charge in [-0.25, -0.2) is 4.79 Å². The maximum Gasteiger partial charge on any atom is 0.514 e. The van der Waals surface area contributed by atoms with Gasteiger partial charge >= 0.3 is 6.16 Å². The van der Waals surface area contributed by atoms with E-state index >= 15 is 0 Å². The standard InChI is InChI=1S/C11H14O4/c1-8(2)14-11(13)15-10-5-3-9(7-12)4-6-10/h3-6,8,12H,7H2,1-2H3. The van der Waals surface area contributed by atoms with Gasteiger partial charge in [-0.2, -0.15) is 0 Å². The SMILES string of the molecule is CC(C)OC(=O)Oc1ccc(CO)cc1. The van der Waals surface area contributed by atoms with Gasteiger partial charge in [-0.15, -0.1) is 0 Å². The average Bonchev–Trinajstić information content (AvgIpc) is 2.17. The molecule has 0 aliphatic heterocycles. The van der Waals surface area contributed by atoms with E-state index in [1.165, 1.54) is 0 Å². The predicted molar refractivity (Wildman–Crippen MR) is 54.6 cm³/mol. The number of hydrogen-bond donors (Lipinski definition) is 1. The van der Waals surface area contributed by atoms with E-state index in [1.807, 2.05) is 0 Å². The van der Waals surface area contributed by atoms with Crippen LogP contribution < -0.4 is 4.74 Å². The summed E-state index contributed by atoms with van der Waals surface area (Å²) in [6.45, 7) is 3.46. The second-order valence-electron chi connectivity index (χ2n) is 3.32. The second-order valence-corrected chi connectivity index (χ2v) is 3.32. The molecule has 15 heavy (non-hydrogen) atoms. The van der Waals surface area contributed by atoms with E-state index in [0.29, 0.717) is 5.75 Å². The minimum Gasteiger partial charge on any atom is -0.431 e. The van der Waals surface area contributed by atoms with E-state index < -0.39 is 6.16 Å². The summed E-state index contributed by atoms with van der Waals surface area (Å²) < 4.78 is 9.68. The molecule has 0 saturated heterocycles. The van der Waals surface area contributed by atoms with Crippen LogP contribution in [0, 0.1) is 0 Å². The van der Waals surface area contributed by atoms with Crippen molar-refractivity contribution < 1.29 is 19.4 Å². The Morgan fingerprint density at radius 2 is 1.93 bits per heavy atom. The largest absolute Gasteiger partial charge is 0.514 e. The van der Waals surface area contributed by atoms with Gasteiger partial charge in [0.15, 0.2) is 0 Å². The summed E-state index contributed by atoms with van der Waals surface area (Å²) >= 11 is 0. The Labute approximate surface area is 88.4 Å². The molecule has 0 saturated carbocycles. The van der Waals surface area contributed by atoms with Crippen LogP contribution >= 0.6 is 0 Å². The van der Waals surface area contributed by atoms with Crippen LogP contribution in [-0.4, -0.2) is 17.4 Å². The molecule has 1 rings (SSSR count). The lowest BCUT2D eigenvalue weighted by Crippen LogP contribution is -2.15. The summed E-state index contributed by atoms with van der Waals surface area (Å²) in [6.07, 6.45) is -0.920. The highest BCUT2D eigenvalue weighted by Crippen LogP contribution is 2.13. The number of ether oxygens (including phenoxy) is 2. The summed E-state index contributed by atoms with van der Waals surface area (Å²) in [5, 5.41) is 8.80. The number of carbonyl (C=O) groups is 1. The van der Waals surface area contributed by atoms with Crippen molar-refractivity contribution in [2.45, 2.75) is 26.6 Å². The number of carbonyl (C=O) groups excluding carboxylic acids is 1. The lowest BCUT2D eigenvalue weighted by Gasteiger charge is -2.08. The summed E-state index contributed by atoms with van der Waals surface area (Å²) in [6, 6.07) is 6.57. The van der Waals surface area contributed by atoms with E-state index in [1.54, 1.807) is 38.1 Å². The molecule has 0 amide bonds. The van der Waals surface area contributed by atoms with Crippen molar-refractivity contribution in [3.63, 3.8) is 0 Å². The predicted octanol–water partition coefficient (Wildman–Crippen LogP) is 2.10. The fourth-order valence-corrected chi connectivity index (χ4v) is 0.976. The summed E-state index contributed by atoms with van der Waals surface area (Å²) in [4.78, 5) is 11.1. The van der Waals surface area contributed by atoms with Gasteiger partial charge in [-0.3, -0.25) is 0 Å². The van der Waals surface area contributed by atoms with Crippen molar-refractivity contribution in [3.8, 4) is 5.75 Å². The minimum atomic E-state index is -0.721. The molecular formula is C11H14O4. The lowest BCUT2D eigenvalue weighted by molar-refractivity contribution is 0.0729. The number of rotatable bonds is 3. The third-order valence-corrected chi connectivity index (χ3v) is 1.64. The molecule has 82 valence electrons.